The maximum Gasteiger partial charge on any atom is 0.326 e. The highest BCUT2D eigenvalue weighted by Gasteiger charge is 2.30. The predicted molar refractivity (Wildman–Crippen MR) is 122 cm³/mol. The highest BCUT2D eigenvalue weighted by atomic mass is 35.5. The van der Waals surface area contributed by atoms with Crippen LogP contribution in [0, 0.1) is 11.7 Å². The first-order valence-electron chi connectivity index (χ1n) is 10.6. The Labute approximate surface area is 184 Å². The van der Waals surface area contributed by atoms with Crippen molar-refractivity contribution in [2.45, 2.75) is 30.6 Å². The third-order valence-electron chi connectivity index (χ3n) is 6.44. The molecule has 2 aliphatic rings. The molecule has 2 aromatic carbocycles. The van der Waals surface area contributed by atoms with E-state index >= 15 is 0 Å². The summed E-state index contributed by atoms with van der Waals surface area (Å²) in [6, 6.07) is 12.8. The predicted octanol–water partition coefficient (Wildman–Crippen LogP) is 5.25. The number of likely N-dealkylation sites (tertiary alicyclic amines) is 1. The lowest BCUT2D eigenvalue weighted by atomic mass is 9.98. The molecular formula is C23H25ClFN3OS. The minimum absolute atomic E-state index is 0.0416. The Balaban J connectivity index is 1.19. The molecule has 0 aliphatic carbocycles. The van der Waals surface area contributed by atoms with E-state index in [1.807, 2.05) is 46.7 Å². The lowest BCUT2D eigenvalue weighted by Gasteiger charge is -2.34. The molecule has 7 heteroatoms. The number of rotatable bonds is 4. The van der Waals surface area contributed by atoms with Crippen LogP contribution in [0.25, 0.3) is 11.0 Å². The number of hydrogen-bond acceptors (Lipinski definition) is 3. The molecule has 0 radical (unpaired) electrons. The molecule has 3 heterocycles. The van der Waals surface area contributed by atoms with Crippen molar-refractivity contribution < 1.29 is 4.39 Å². The van der Waals surface area contributed by atoms with Crippen molar-refractivity contribution >= 4 is 34.4 Å². The number of imidazole rings is 1. The number of nitrogens with zero attached hydrogens (tertiary/aromatic N) is 2. The number of benzene rings is 2. The molecule has 1 N–H and O–H groups in total. The standard InChI is InChI=1S/C23H25ClFN3OS/c24-17-3-6-21-20(12-17)26-23(29)28(21)19-7-9-27(10-8-19)13-15-11-22(30-14-15)16-1-4-18(25)5-2-16/h1-6,12,15,19,22H,7-11,13-14H2,(H,26,29). The van der Waals surface area contributed by atoms with E-state index in [0.29, 0.717) is 16.2 Å². The van der Waals surface area contributed by atoms with Crippen LogP contribution in [0.3, 0.4) is 0 Å². The van der Waals surface area contributed by atoms with Crippen LogP contribution < -0.4 is 5.69 Å². The minimum atomic E-state index is -0.168. The van der Waals surface area contributed by atoms with Gasteiger partial charge in [0.2, 0.25) is 0 Å². The van der Waals surface area contributed by atoms with Crippen LogP contribution in [-0.4, -0.2) is 39.8 Å². The molecule has 30 heavy (non-hydrogen) atoms. The van der Waals surface area contributed by atoms with Gasteiger partial charge in [-0.15, -0.1) is 0 Å². The third-order valence-corrected chi connectivity index (χ3v) is 8.21. The van der Waals surface area contributed by atoms with Gasteiger partial charge in [-0.1, -0.05) is 23.7 Å². The van der Waals surface area contributed by atoms with Crippen molar-refractivity contribution in [2.75, 3.05) is 25.4 Å². The van der Waals surface area contributed by atoms with Crippen molar-refractivity contribution in [3.05, 3.63) is 69.4 Å². The van der Waals surface area contributed by atoms with Gasteiger partial charge in [-0.3, -0.25) is 4.57 Å². The number of aromatic nitrogens is 2. The molecule has 0 amide bonds. The Kier molecular flexibility index (Phi) is 5.65. The first-order chi connectivity index (χ1) is 14.6. The van der Waals surface area contributed by atoms with Crippen molar-refractivity contribution in [3.8, 4) is 0 Å². The highest BCUT2D eigenvalue weighted by Crippen LogP contribution is 2.43. The van der Waals surface area contributed by atoms with E-state index < -0.39 is 0 Å². The molecule has 2 unspecified atom stereocenters. The Morgan fingerprint density at radius 1 is 1.13 bits per heavy atom. The van der Waals surface area contributed by atoms with Gasteiger partial charge in [-0.05, 0) is 66.8 Å². The number of halogens is 2. The second-order valence-corrected chi connectivity index (χ2v) is 10.1. The monoisotopic (exact) mass is 445 g/mol. The molecular weight excluding hydrogens is 421 g/mol. The number of hydrogen-bond donors (Lipinski definition) is 1. The third kappa shape index (κ3) is 4.05. The SMILES string of the molecule is O=c1[nH]c2cc(Cl)ccc2n1C1CCN(CC2CSC(c3ccc(F)cc3)C2)CC1. The van der Waals surface area contributed by atoms with Gasteiger partial charge in [-0.25, -0.2) is 9.18 Å². The number of aromatic amines is 1. The zero-order valence-corrected chi connectivity index (χ0v) is 18.3. The summed E-state index contributed by atoms with van der Waals surface area (Å²) in [6.07, 6.45) is 3.12. The fraction of sp³-hybridized carbons (Fsp3) is 0.435. The summed E-state index contributed by atoms with van der Waals surface area (Å²) in [4.78, 5) is 18.0. The summed E-state index contributed by atoms with van der Waals surface area (Å²) >= 11 is 8.06. The van der Waals surface area contributed by atoms with Crippen LogP contribution in [0.1, 0.15) is 36.1 Å². The van der Waals surface area contributed by atoms with Crippen LogP contribution >= 0.6 is 23.4 Å². The van der Waals surface area contributed by atoms with Crippen LogP contribution in [-0.2, 0) is 0 Å². The molecule has 0 saturated carbocycles. The minimum Gasteiger partial charge on any atom is -0.305 e. The molecule has 5 rings (SSSR count). The summed E-state index contributed by atoms with van der Waals surface area (Å²) in [7, 11) is 0. The van der Waals surface area contributed by atoms with Gasteiger partial charge in [0.05, 0.1) is 11.0 Å². The average Bonchev–Trinajstić information content (AvgIpc) is 3.32. The first-order valence-corrected chi connectivity index (χ1v) is 12.0. The normalized spacial score (nSPS) is 23.4. The quantitative estimate of drug-likeness (QED) is 0.596. The zero-order valence-electron chi connectivity index (χ0n) is 16.7. The molecule has 0 bridgehead atoms. The van der Waals surface area contributed by atoms with E-state index in [1.165, 1.54) is 5.56 Å². The molecule has 2 saturated heterocycles. The van der Waals surface area contributed by atoms with Crippen LogP contribution in [0.4, 0.5) is 4.39 Å². The summed E-state index contributed by atoms with van der Waals surface area (Å²) in [5, 5.41) is 1.11. The van der Waals surface area contributed by atoms with Gasteiger partial charge in [0, 0.05) is 35.9 Å². The number of H-pyrrole nitrogens is 1. The number of fused-ring (bicyclic) bond motifs is 1. The van der Waals surface area contributed by atoms with Gasteiger partial charge >= 0.3 is 5.69 Å². The fourth-order valence-corrected chi connectivity index (χ4v) is 6.60. The first kappa shape index (κ1) is 20.2. The van der Waals surface area contributed by atoms with Crippen LogP contribution in [0.15, 0.2) is 47.3 Å². The molecule has 2 atom stereocenters. The summed E-state index contributed by atoms with van der Waals surface area (Å²) in [5.41, 5.74) is 2.95. The van der Waals surface area contributed by atoms with E-state index in [-0.39, 0.29) is 17.5 Å². The summed E-state index contributed by atoms with van der Waals surface area (Å²) < 4.78 is 15.1. The van der Waals surface area contributed by atoms with Crippen LogP contribution in [0.5, 0.6) is 0 Å². The van der Waals surface area contributed by atoms with Gasteiger partial charge in [0.1, 0.15) is 5.82 Å². The maximum atomic E-state index is 13.2. The van der Waals surface area contributed by atoms with Gasteiger partial charge in [0.25, 0.3) is 0 Å². The average molecular weight is 446 g/mol. The molecule has 2 aliphatic heterocycles. The van der Waals surface area contributed by atoms with Crippen molar-refractivity contribution in [1.29, 1.82) is 0 Å². The van der Waals surface area contributed by atoms with Gasteiger partial charge < -0.3 is 9.88 Å². The Hall–Kier alpha value is -1.76. The Morgan fingerprint density at radius 2 is 1.90 bits per heavy atom. The molecule has 0 spiro atoms. The number of thioether (sulfide) groups is 1. The van der Waals surface area contributed by atoms with Crippen molar-refractivity contribution in [3.63, 3.8) is 0 Å². The highest BCUT2D eigenvalue weighted by molar-refractivity contribution is 7.99. The zero-order chi connectivity index (χ0) is 20.7. The largest absolute Gasteiger partial charge is 0.326 e. The second-order valence-electron chi connectivity index (χ2n) is 8.47. The lowest BCUT2D eigenvalue weighted by Crippen LogP contribution is -2.39. The summed E-state index contributed by atoms with van der Waals surface area (Å²) in [5.74, 6) is 1.66. The molecule has 3 aromatic rings. The second kappa shape index (κ2) is 8.40. The van der Waals surface area contributed by atoms with Gasteiger partial charge in [-0.2, -0.15) is 11.8 Å². The van der Waals surface area contributed by atoms with Crippen molar-refractivity contribution in [2.24, 2.45) is 5.92 Å². The van der Waals surface area contributed by atoms with E-state index in [4.69, 9.17) is 11.6 Å². The Morgan fingerprint density at radius 3 is 2.67 bits per heavy atom. The van der Waals surface area contributed by atoms with Gasteiger partial charge in [0.15, 0.2) is 0 Å². The molecule has 158 valence electrons. The van der Waals surface area contributed by atoms with E-state index in [1.54, 1.807) is 12.1 Å². The fourth-order valence-electron chi connectivity index (χ4n) is 4.92. The number of piperidine rings is 1. The van der Waals surface area contributed by atoms with E-state index in [0.717, 1.165) is 55.7 Å². The van der Waals surface area contributed by atoms with E-state index in [2.05, 4.69) is 9.88 Å². The molecule has 1 aromatic heterocycles. The van der Waals surface area contributed by atoms with E-state index in [9.17, 15) is 9.18 Å². The lowest BCUT2D eigenvalue weighted by molar-refractivity contribution is 0.166. The smallest absolute Gasteiger partial charge is 0.305 e. The Bertz CT molecular complexity index is 1090. The molecule has 4 nitrogen and oxygen atoms in total. The van der Waals surface area contributed by atoms with Crippen LogP contribution in [0.2, 0.25) is 5.02 Å². The van der Waals surface area contributed by atoms with Crippen molar-refractivity contribution in [1.82, 2.24) is 14.5 Å². The number of nitrogens with one attached hydrogen (secondary N) is 1. The maximum absolute atomic E-state index is 13.2. The topological polar surface area (TPSA) is 41.0 Å². The summed E-state index contributed by atoms with van der Waals surface area (Å²) in [6.45, 7) is 3.13. The molecule has 2 fully saturated rings.